The monoisotopic (exact) mass is 303 g/mol. The first-order valence-corrected chi connectivity index (χ1v) is 8.19. The van der Waals surface area contributed by atoms with Gasteiger partial charge in [0.1, 0.15) is 5.75 Å². The molecule has 0 aliphatic carbocycles. The molecule has 2 heterocycles. The lowest BCUT2D eigenvalue weighted by atomic mass is 9.93. The van der Waals surface area contributed by atoms with Gasteiger partial charge in [0.05, 0.1) is 6.10 Å². The Morgan fingerprint density at radius 1 is 1.36 bits per heavy atom. The summed E-state index contributed by atoms with van der Waals surface area (Å²) in [6.45, 7) is 7.38. The lowest BCUT2D eigenvalue weighted by Gasteiger charge is -2.35. The minimum absolute atomic E-state index is 0.0665. The number of rotatable bonds is 2. The third-order valence-electron chi connectivity index (χ3n) is 5.08. The molecule has 120 valence electrons. The fourth-order valence-corrected chi connectivity index (χ4v) is 3.46. The first kappa shape index (κ1) is 15.3. The number of ether oxygens (including phenoxy) is 1. The Bertz CT molecular complexity index is 551. The van der Waals surface area contributed by atoms with Crippen molar-refractivity contribution in [3.05, 3.63) is 28.8 Å². The second-order valence-electron chi connectivity index (χ2n) is 6.78. The molecule has 4 nitrogen and oxygen atoms in total. The van der Waals surface area contributed by atoms with E-state index in [2.05, 4.69) is 19.9 Å². The van der Waals surface area contributed by atoms with Crippen LogP contribution in [0.5, 0.6) is 5.75 Å². The number of carbonyl (C=O) groups is 1. The van der Waals surface area contributed by atoms with Crippen LogP contribution in [0, 0.1) is 19.8 Å². The van der Waals surface area contributed by atoms with Gasteiger partial charge in [-0.25, -0.2) is 0 Å². The van der Waals surface area contributed by atoms with Crippen molar-refractivity contribution in [3.63, 3.8) is 0 Å². The highest BCUT2D eigenvalue weighted by Gasteiger charge is 2.35. The number of hydrogen-bond acceptors (Lipinski definition) is 3. The highest BCUT2D eigenvalue weighted by Crippen LogP contribution is 2.32. The number of aryl methyl sites for hydroxylation is 2. The van der Waals surface area contributed by atoms with Crippen molar-refractivity contribution in [1.29, 1.82) is 0 Å². The number of carbonyl (C=O) groups excluding carboxylic acids is 1. The maximum Gasteiger partial charge on any atom is 0.264 e. The Morgan fingerprint density at radius 2 is 2.09 bits per heavy atom. The Balaban J connectivity index is 1.69. The predicted molar refractivity (Wildman–Crippen MR) is 85.0 cm³/mol. The maximum absolute atomic E-state index is 12.7. The molecule has 4 heteroatoms. The molecule has 0 radical (unpaired) electrons. The van der Waals surface area contributed by atoms with Gasteiger partial charge >= 0.3 is 0 Å². The summed E-state index contributed by atoms with van der Waals surface area (Å²) in [5.41, 5.74) is 3.56. The highest BCUT2D eigenvalue weighted by atomic mass is 16.5. The van der Waals surface area contributed by atoms with Gasteiger partial charge in [-0.2, -0.15) is 0 Å². The van der Waals surface area contributed by atoms with Gasteiger partial charge in [0, 0.05) is 25.4 Å². The molecule has 2 aliphatic rings. The molecule has 3 unspecified atom stereocenters. The molecule has 1 saturated heterocycles. The summed E-state index contributed by atoms with van der Waals surface area (Å²) in [4.78, 5) is 14.6. The quantitative estimate of drug-likeness (QED) is 0.911. The molecule has 1 N–H and O–H groups in total. The number of hydrogen-bond donors (Lipinski definition) is 1. The molecular formula is C18H25NO3. The van der Waals surface area contributed by atoms with Crippen LogP contribution in [0.25, 0.3) is 0 Å². The van der Waals surface area contributed by atoms with Crippen LogP contribution in [0.1, 0.15) is 36.5 Å². The van der Waals surface area contributed by atoms with E-state index in [1.54, 1.807) is 0 Å². The van der Waals surface area contributed by atoms with Crippen molar-refractivity contribution in [2.24, 2.45) is 5.92 Å². The average molecular weight is 303 g/mol. The van der Waals surface area contributed by atoms with Crippen LogP contribution in [-0.2, 0) is 11.2 Å². The molecule has 2 aliphatic heterocycles. The van der Waals surface area contributed by atoms with Gasteiger partial charge in [0.25, 0.3) is 5.91 Å². The van der Waals surface area contributed by atoms with Crippen LogP contribution < -0.4 is 4.74 Å². The summed E-state index contributed by atoms with van der Waals surface area (Å²) >= 11 is 0. The van der Waals surface area contributed by atoms with Gasteiger partial charge in [0.15, 0.2) is 6.10 Å². The van der Waals surface area contributed by atoms with E-state index < -0.39 is 6.10 Å². The highest BCUT2D eigenvalue weighted by molar-refractivity contribution is 5.82. The normalized spacial score (nSPS) is 25.5. The number of amides is 1. The molecule has 3 atom stereocenters. The lowest BCUT2D eigenvalue weighted by molar-refractivity contribution is -0.140. The molecule has 1 aromatic carbocycles. The Kier molecular flexibility index (Phi) is 4.13. The minimum Gasteiger partial charge on any atom is -0.480 e. The third kappa shape index (κ3) is 2.84. The van der Waals surface area contributed by atoms with E-state index in [4.69, 9.17) is 4.74 Å². The summed E-state index contributed by atoms with van der Waals surface area (Å²) in [6, 6.07) is 4.17. The Hall–Kier alpha value is -1.55. The summed E-state index contributed by atoms with van der Waals surface area (Å²) < 4.78 is 5.90. The van der Waals surface area contributed by atoms with E-state index in [9.17, 15) is 9.90 Å². The number of aliphatic hydroxyl groups excluding tert-OH is 1. The number of fused-ring (bicyclic) bond motifs is 1. The van der Waals surface area contributed by atoms with Crippen LogP contribution in [0.15, 0.2) is 12.1 Å². The lowest BCUT2D eigenvalue weighted by Crippen LogP contribution is -2.48. The molecule has 0 bridgehead atoms. The fourth-order valence-electron chi connectivity index (χ4n) is 3.46. The second-order valence-corrected chi connectivity index (χ2v) is 6.78. The summed E-state index contributed by atoms with van der Waals surface area (Å²) in [5, 5.41) is 9.78. The van der Waals surface area contributed by atoms with E-state index in [0.29, 0.717) is 13.0 Å². The smallest absolute Gasteiger partial charge is 0.264 e. The SMILES string of the molecule is Cc1cc2c(cc1C)OC(C(=O)N1CCCC(C(C)O)C1)C2. The van der Waals surface area contributed by atoms with Crippen molar-refractivity contribution in [2.75, 3.05) is 13.1 Å². The van der Waals surface area contributed by atoms with Crippen molar-refractivity contribution in [2.45, 2.75) is 52.2 Å². The summed E-state index contributed by atoms with van der Waals surface area (Å²) in [5.74, 6) is 1.10. The number of nitrogens with zero attached hydrogens (tertiary/aromatic N) is 1. The number of piperidine rings is 1. The van der Waals surface area contributed by atoms with E-state index in [1.807, 2.05) is 17.9 Å². The molecule has 1 amide bonds. The van der Waals surface area contributed by atoms with Crippen molar-refractivity contribution in [1.82, 2.24) is 4.90 Å². The van der Waals surface area contributed by atoms with Gasteiger partial charge in [-0.15, -0.1) is 0 Å². The van der Waals surface area contributed by atoms with Gasteiger partial charge in [-0.1, -0.05) is 6.07 Å². The summed E-state index contributed by atoms with van der Waals surface area (Å²) in [6.07, 6.45) is 1.85. The number of aliphatic hydroxyl groups is 1. The first-order valence-electron chi connectivity index (χ1n) is 8.19. The first-order chi connectivity index (χ1) is 10.5. The maximum atomic E-state index is 12.7. The minimum atomic E-state index is -0.399. The van der Waals surface area contributed by atoms with Crippen LogP contribution in [-0.4, -0.2) is 41.2 Å². The molecule has 0 saturated carbocycles. The van der Waals surface area contributed by atoms with E-state index in [1.165, 1.54) is 11.1 Å². The van der Waals surface area contributed by atoms with Crippen LogP contribution >= 0.6 is 0 Å². The predicted octanol–water partition coefficient (Wildman–Crippen LogP) is 2.23. The van der Waals surface area contributed by atoms with Gasteiger partial charge in [-0.05, 0) is 56.4 Å². The topological polar surface area (TPSA) is 49.8 Å². The van der Waals surface area contributed by atoms with Crippen molar-refractivity contribution < 1.29 is 14.6 Å². The zero-order chi connectivity index (χ0) is 15.9. The van der Waals surface area contributed by atoms with Crippen LogP contribution in [0.2, 0.25) is 0 Å². The molecule has 1 aromatic rings. The van der Waals surface area contributed by atoms with E-state index in [-0.39, 0.29) is 17.9 Å². The molecule has 0 spiro atoms. The Morgan fingerprint density at radius 3 is 2.82 bits per heavy atom. The number of benzene rings is 1. The van der Waals surface area contributed by atoms with E-state index in [0.717, 1.165) is 30.7 Å². The average Bonchev–Trinajstić information content (AvgIpc) is 2.89. The van der Waals surface area contributed by atoms with Gasteiger partial charge in [-0.3, -0.25) is 4.79 Å². The summed E-state index contributed by atoms with van der Waals surface area (Å²) in [7, 11) is 0. The van der Waals surface area contributed by atoms with Crippen molar-refractivity contribution in [3.8, 4) is 5.75 Å². The van der Waals surface area contributed by atoms with Crippen LogP contribution in [0.3, 0.4) is 0 Å². The zero-order valence-corrected chi connectivity index (χ0v) is 13.6. The van der Waals surface area contributed by atoms with E-state index >= 15 is 0 Å². The van der Waals surface area contributed by atoms with Gasteiger partial charge < -0.3 is 14.7 Å². The molecule has 3 rings (SSSR count). The molecular weight excluding hydrogens is 278 g/mol. The molecule has 22 heavy (non-hydrogen) atoms. The standard InChI is InChI=1S/C18H25NO3/c1-11-7-15-9-17(22-16(15)8-12(11)2)18(21)19-6-4-5-14(10-19)13(3)20/h7-8,13-14,17,20H,4-6,9-10H2,1-3H3. The fraction of sp³-hybridized carbons (Fsp3) is 0.611. The third-order valence-corrected chi connectivity index (χ3v) is 5.08. The van der Waals surface area contributed by atoms with Crippen molar-refractivity contribution >= 4 is 5.91 Å². The Labute approximate surface area is 132 Å². The molecule has 0 aromatic heterocycles. The second kappa shape index (κ2) is 5.92. The van der Waals surface area contributed by atoms with Crippen LogP contribution in [0.4, 0.5) is 0 Å². The molecule has 1 fully saturated rings. The van der Waals surface area contributed by atoms with Gasteiger partial charge in [0.2, 0.25) is 0 Å². The number of likely N-dealkylation sites (tertiary alicyclic amines) is 1. The zero-order valence-electron chi connectivity index (χ0n) is 13.6. The largest absolute Gasteiger partial charge is 0.480 e.